The van der Waals surface area contributed by atoms with Crippen molar-refractivity contribution in [3.05, 3.63) is 35.9 Å². The van der Waals surface area contributed by atoms with Gasteiger partial charge in [-0.1, -0.05) is 46.3 Å². The number of carbonyl (C=O) groups is 1. The number of nitrogens with one attached hydrogen (secondary N) is 1. The molecule has 0 fully saturated rings. The second kappa shape index (κ2) is 6.78. The van der Waals surface area contributed by atoms with Gasteiger partial charge in [-0.25, -0.2) is 4.79 Å². The maximum atomic E-state index is 11.5. The van der Waals surface area contributed by atoms with Crippen molar-refractivity contribution in [1.29, 1.82) is 0 Å². The molecule has 1 aromatic carbocycles. The Morgan fingerprint density at radius 3 is 2.50 bits per heavy atom. The molecule has 0 bridgehead atoms. The van der Waals surface area contributed by atoms with Gasteiger partial charge in [0.25, 0.3) is 0 Å². The number of halogens is 1. The molecule has 3 nitrogen and oxygen atoms in total. The number of benzene rings is 1. The van der Waals surface area contributed by atoms with Crippen LogP contribution in [0.25, 0.3) is 0 Å². The first-order chi connectivity index (χ1) is 8.37. The van der Waals surface area contributed by atoms with Crippen LogP contribution in [0.5, 0.6) is 0 Å². The summed E-state index contributed by atoms with van der Waals surface area (Å²) in [5.41, 5.74) is 0.788. The molecule has 1 aromatic rings. The van der Waals surface area contributed by atoms with Crippen LogP contribution in [0.4, 0.5) is 4.79 Å². The Balaban J connectivity index is 2.29. The van der Waals surface area contributed by atoms with E-state index in [0.717, 1.165) is 6.42 Å². The zero-order valence-electron chi connectivity index (χ0n) is 11.1. The van der Waals surface area contributed by atoms with Gasteiger partial charge in [-0.3, -0.25) is 0 Å². The van der Waals surface area contributed by atoms with E-state index in [0.29, 0.717) is 6.54 Å². The summed E-state index contributed by atoms with van der Waals surface area (Å²) < 4.78 is 5.17. The molecule has 0 aliphatic carbocycles. The van der Waals surface area contributed by atoms with Gasteiger partial charge in [-0.15, -0.1) is 0 Å². The second-order valence-electron chi connectivity index (χ2n) is 5.17. The first-order valence-corrected chi connectivity index (χ1v) is 6.93. The van der Waals surface area contributed by atoms with Crippen LogP contribution < -0.4 is 5.32 Å². The molecule has 4 heteroatoms. The average Bonchev–Trinajstić information content (AvgIpc) is 2.25. The monoisotopic (exact) mass is 313 g/mol. The highest BCUT2D eigenvalue weighted by Gasteiger charge is 2.16. The smallest absolute Gasteiger partial charge is 0.407 e. The Bertz CT molecular complexity index is 373. The average molecular weight is 314 g/mol. The molecule has 0 saturated carbocycles. The Morgan fingerprint density at radius 1 is 1.33 bits per heavy atom. The first kappa shape index (κ1) is 15.0. The van der Waals surface area contributed by atoms with Gasteiger partial charge in [0.1, 0.15) is 5.60 Å². The molecule has 0 radical (unpaired) electrons. The minimum atomic E-state index is -0.453. The third-order valence-electron chi connectivity index (χ3n) is 2.17. The molecule has 0 aliphatic rings. The van der Waals surface area contributed by atoms with Crippen molar-refractivity contribution in [2.75, 3.05) is 6.54 Å². The van der Waals surface area contributed by atoms with E-state index in [1.54, 1.807) is 0 Å². The largest absolute Gasteiger partial charge is 0.444 e. The standard InChI is InChI=1S/C14H20BrNO2/c1-14(2,3)18-13(17)16-10-12(15)9-11-7-5-4-6-8-11/h4-8,12H,9-10H2,1-3H3,(H,16,17). The van der Waals surface area contributed by atoms with Crippen molar-refractivity contribution < 1.29 is 9.53 Å². The molecule has 1 atom stereocenters. The number of amides is 1. The number of ether oxygens (including phenoxy) is 1. The summed E-state index contributed by atoms with van der Waals surface area (Å²) >= 11 is 3.55. The molecule has 0 heterocycles. The molecule has 1 rings (SSSR count). The number of hydrogen-bond donors (Lipinski definition) is 1. The molecule has 0 aromatic heterocycles. The van der Waals surface area contributed by atoms with Crippen LogP contribution >= 0.6 is 15.9 Å². The number of hydrogen-bond acceptors (Lipinski definition) is 2. The summed E-state index contributed by atoms with van der Waals surface area (Å²) in [6.07, 6.45) is 0.497. The minimum Gasteiger partial charge on any atom is -0.444 e. The zero-order valence-corrected chi connectivity index (χ0v) is 12.7. The van der Waals surface area contributed by atoms with Crippen molar-refractivity contribution in [2.24, 2.45) is 0 Å². The van der Waals surface area contributed by atoms with Crippen molar-refractivity contribution in [3.63, 3.8) is 0 Å². The Labute approximate surface area is 117 Å². The van der Waals surface area contributed by atoms with Gasteiger partial charge in [0.15, 0.2) is 0 Å². The van der Waals surface area contributed by atoms with Gasteiger partial charge in [-0.05, 0) is 32.8 Å². The summed E-state index contributed by atoms with van der Waals surface area (Å²) in [5, 5.41) is 2.75. The SMILES string of the molecule is CC(C)(C)OC(=O)NCC(Br)Cc1ccccc1. The Kier molecular flexibility index (Phi) is 5.66. The van der Waals surface area contributed by atoms with Crippen molar-refractivity contribution in [3.8, 4) is 0 Å². The van der Waals surface area contributed by atoms with Crippen molar-refractivity contribution >= 4 is 22.0 Å². The second-order valence-corrected chi connectivity index (χ2v) is 6.46. The maximum absolute atomic E-state index is 11.5. The van der Waals surface area contributed by atoms with E-state index in [2.05, 4.69) is 33.4 Å². The van der Waals surface area contributed by atoms with E-state index in [1.807, 2.05) is 39.0 Å². The number of alkyl halides is 1. The highest BCUT2D eigenvalue weighted by Crippen LogP contribution is 2.10. The van der Waals surface area contributed by atoms with E-state index >= 15 is 0 Å². The van der Waals surface area contributed by atoms with Crippen LogP contribution in [-0.2, 0) is 11.2 Å². The highest BCUT2D eigenvalue weighted by atomic mass is 79.9. The lowest BCUT2D eigenvalue weighted by molar-refractivity contribution is 0.0528. The molecule has 18 heavy (non-hydrogen) atoms. The summed E-state index contributed by atoms with van der Waals surface area (Å²) in [6, 6.07) is 10.2. The predicted molar refractivity (Wildman–Crippen MR) is 77.1 cm³/mol. The zero-order chi connectivity index (χ0) is 13.6. The van der Waals surface area contributed by atoms with Gasteiger partial charge >= 0.3 is 6.09 Å². The van der Waals surface area contributed by atoms with Crippen LogP contribution in [0.15, 0.2) is 30.3 Å². The highest BCUT2D eigenvalue weighted by molar-refractivity contribution is 9.09. The maximum Gasteiger partial charge on any atom is 0.407 e. The van der Waals surface area contributed by atoms with Crippen molar-refractivity contribution in [1.82, 2.24) is 5.32 Å². The lowest BCUT2D eigenvalue weighted by atomic mass is 10.1. The third-order valence-corrected chi connectivity index (χ3v) is 2.81. The molecular formula is C14H20BrNO2. The summed E-state index contributed by atoms with van der Waals surface area (Å²) in [4.78, 5) is 11.7. The predicted octanol–water partition coefficient (Wildman–Crippen LogP) is 3.52. The van der Waals surface area contributed by atoms with Crippen LogP contribution in [0.2, 0.25) is 0 Å². The lowest BCUT2D eigenvalue weighted by Gasteiger charge is -2.20. The Morgan fingerprint density at radius 2 is 1.94 bits per heavy atom. The lowest BCUT2D eigenvalue weighted by Crippen LogP contribution is -2.35. The van der Waals surface area contributed by atoms with Crippen molar-refractivity contribution in [2.45, 2.75) is 37.6 Å². The first-order valence-electron chi connectivity index (χ1n) is 6.01. The molecule has 1 amide bonds. The normalized spacial score (nSPS) is 12.9. The summed E-state index contributed by atoms with van der Waals surface area (Å²) in [6.45, 7) is 6.09. The molecule has 0 aliphatic heterocycles. The van der Waals surface area contributed by atoms with Crippen LogP contribution in [0, 0.1) is 0 Å². The van der Waals surface area contributed by atoms with Crippen LogP contribution in [0.3, 0.4) is 0 Å². The van der Waals surface area contributed by atoms with Gasteiger partial charge < -0.3 is 10.1 Å². The topological polar surface area (TPSA) is 38.3 Å². The fourth-order valence-corrected chi connectivity index (χ4v) is 1.99. The minimum absolute atomic E-state index is 0.201. The van der Waals surface area contributed by atoms with Crippen LogP contribution in [-0.4, -0.2) is 23.1 Å². The van der Waals surface area contributed by atoms with E-state index in [1.165, 1.54) is 5.56 Å². The van der Waals surface area contributed by atoms with E-state index in [9.17, 15) is 4.79 Å². The number of alkyl carbamates (subject to hydrolysis) is 1. The fraction of sp³-hybridized carbons (Fsp3) is 0.500. The molecular weight excluding hydrogens is 294 g/mol. The molecule has 1 N–H and O–H groups in total. The number of carbonyl (C=O) groups excluding carboxylic acids is 1. The molecule has 100 valence electrons. The van der Waals surface area contributed by atoms with E-state index in [4.69, 9.17) is 4.74 Å². The van der Waals surface area contributed by atoms with Gasteiger partial charge in [0.05, 0.1) is 0 Å². The van der Waals surface area contributed by atoms with Gasteiger partial charge in [0, 0.05) is 11.4 Å². The fourth-order valence-electron chi connectivity index (χ4n) is 1.45. The molecule has 0 saturated heterocycles. The third kappa shape index (κ3) is 6.64. The summed E-state index contributed by atoms with van der Waals surface area (Å²) in [7, 11) is 0. The summed E-state index contributed by atoms with van der Waals surface area (Å²) in [5.74, 6) is 0. The van der Waals surface area contributed by atoms with E-state index in [-0.39, 0.29) is 10.9 Å². The molecule has 1 unspecified atom stereocenters. The van der Waals surface area contributed by atoms with Crippen LogP contribution in [0.1, 0.15) is 26.3 Å². The van der Waals surface area contributed by atoms with Gasteiger partial charge in [-0.2, -0.15) is 0 Å². The molecule has 0 spiro atoms. The quantitative estimate of drug-likeness (QED) is 0.864. The number of rotatable bonds is 4. The van der Waals surface area contributed by atoms with E-state index < -0.39 is 5.60 Å². The van der Waals surface area contributed by atoms with Gasteiger partial charge in [0.2, 0.25) is 0 Å². The Hall–Kier alpha value is -1.03.